The summed E-state index contributed by atoms with van der Waals surface area (Å²) in [6.45, 7) is 7.92. The first kappa shape index (κ1) is 16.0. The van der Waals surface area contributed by atoms with Crippen LogP contribution in [-0.2, 0) is 12.8 Å². The summed E-state index contributed by atoms with van der Waals surface area (Å²) in [6.07, 6.45) is 1.72. The number of anilines is 1. The minimum Gasteiger partial charge on any atom is -0.370 e. The van der Waals surface area contributed by atoms with Gasteiger partial charge in [-0.15, -0.1) is 0 Å². The van der Waals surface area contributed by atoms with Crippen molar-refractivity contribution in [3.05, 3.63) is 29.3 Å². The van der Waals surface area contributed by atoms with Crippen LogP contribution in [0.5, 0.6) is 0 Å². The van der Waals surface area contributed by atoms with E-state index in [1.54, 1.807) is 0 Å². The molecule has 0 aromatic heterocycles. The lowest BCUT2D eigenvalue weighted by Gasteiger charge is -2.15. The van der Waals surface area contributed by atoms with E-state index in [4.69, 9.17) is 5.73 Å². The van der Waals surface area contributed by atoms with Crippen molar-refractivity contribution in [1.82, 2.24) is 5.32 Å². The van der Waals surface area contributed by atoms with Crippen molar-refractivity contribution in [2.24, 2.45) is 10.7 Å². The number of rotatable bonds is 4. The van der Waals surface area contributed by atoms with Gasteiger partial charge in [-0.1, -0.05) is 32.0 Å². The number of amides is 2. The number of hydrogen-bond acceptors (Lipinski definition) is 2. The maximum atomic E-state index is 12.0. The summed E-state index contributed by atoms with van der Waals surface area (Å²) in [7, 11) is 0. The number of guanidine groups is 1. The van der Waals surface area contributed by atoms with Gasteiger partial charge in [-0.3, -0.25) is 10.3 Å². The van der Waals surface area contributed by atoms with E-state index in [1.807, 2.05) is 32.0 Å². The van der Waals surface area contributed by atoms with Crippen molar-refractivity contribution in [1.29, 1.82) is 0 Å². The average molecular weight is 276 g/mol. The lowest BCUT2D eigenvalue weighted by molar-refractivity contribution is 0.256. The molecule has 0 bridgehead atoms. The van der Waals surface area contributed by atoms with Crippen molar-refractivity contribution < 1.29 is 4.79 Å². The second kappa shape index (κ2) is 7.53. The number of carbonyl (C=O) groups excluding carboxylic acids is 1. The van der Waals surface area contributed by atoms with Gasteiger partial charge in [0, 0.05) is 11.7 Å². The maximum absolute atomic E-state index is 12.0. The molecule has 0 radical (unpaired) electrons. The van der Waals surface area contributed by atoms with Gasteiger partial charge < -0.3 is 11.1 Å². The Morgan fingerprint density at radius 1 is 1.25 bits per heavy atom. The summed E-state index contributed by atoms with van der Waals surface area (Å²) in [5, 5.41) is 5.41. The van der Waals surface area contributed by atoms with Crippen molar-refractivity contribution >= 4 is 17.7 Å². The van der Waals surface area contributed by atoms with E-state index in [0.29, 0.717) is 0 Å². The molecule has 110 valence electrons. The molecule has 0 saturated carbocycles. The maximum Gasteiger partial charge on any atom is 0.326 e. The number of para-hydroxylation sites is 1. The summed E-state index contributed by atoms with van der Waals surface area (Å²) < 4.78 is 0. The van der Waals surface area contributed by atoms with E-state index in [1.165, 1.54) is 0 Å². The molecule has 5 heteroatoms. The van der Waals surface area contributed by atoms with Crippen LogP contribution in [0.4, 0.5) is 10.5 Å². The number of benzene rings is 1. The second-order valence-electron chi connectivity index (χ2n) is 4.85. The molecule has 0 heterocycles. The molecule has 20 heavy (non-hydrogen) atoms. The molecule has 2 amide bonds. The molecule has 0 aliphatic heterocycles. The zero-order valence-corrected chi connectivity index (χ0v) is 12.7. The predicted octanol–water partition coefficient (Wildman–Crippen LogP) is 2.66. The Morgan fingerprint density at radius 3 is 2.25 bits per heavy atom. The normalized spacial score (nSPS) is 11.6. The summed E-state index contributed by atoms with van der Waals surface area (Å²) in [5.74, 6) is 0.129. The van der Waals surface area contributed by atoms with E-state index in [0.717, 1.165) is 29.7 Å². The van der Waals surface area contributed by atoms with Gasteiger partial charge in [0.1, 0.15) is 0 Å². The Morgan fingerprint density at radius 2 is 1.80 bits per heavy atom. The molecule has 0 aliphatic rings. The first-order chi connectivity index (χ1) is 9.47. The molecule has 0 spiro atoms. The van der Waals surface area contributed by atoms with Crippen LogP contribution in [0.15, 0.2) is 23.2 Å². The van der Waals surface area contributed by atoms with Gasteiger partial charge in [0.05, 0.1) is 0 Å². The van der Waals surface area contributed by atoms with E-state index in [2.05, 4.69) is 29.5 Å². The third kappa shape index (κ3) is 4.57. The fourth-order valence-electron chi connectivity index (χ4n) is 1.97. The lowest BCUT2D eigenvalue weighted by Crippen LogP contribution is -2.40. The Bertz CT molecular complexity index is 472. The first-order valence-electron chi connectivity index (χ1n) is 6.99. The first-order valence-corrected chi connectivity index (χ1v) is 6.99. The monoisotopic (exact) mass is 276 g/mol. The minimum absolute atomic E-state index is 0.0458. The second-order valence-corrected chi connectivity index (χ2v) is 4.85. The van der Waals surface area contributed by atoms with Gasteiger partial charge in [-0.05, 0) is 37.8 Å². The third-order valence-corrected chi connectivity index (χ3v) is 2.88. The van der Waals surface area contributed by atoms with Crippen molar-refractivity contribution in [3.63, 3.8) is 0 Å². The number of hydrogen-bond donors (Lipinski definition) is 3. The number of aliphatic imine (C=N–C) groups is 1. The molecule has 4 N–H and O–H groups in total. The number of nitrogens with zero attached hydrogens (tertiary/aromatic N) is 1. The van der Waals surface area contributed by atoms with Gasteiger partial charge in [-0.25, -0.2) is 4.79 Å². The highest BCUT2D eigenvalue weighted by atomic mass is 16.2. The Balaban J connectivity index is 2.85. The molecule has 0 atom stereocenters. The van der Waals surface area contributed by atoms with Crippen LogP contribution in [0.25, 0.3) is 0 Å². The van der Waals surface area contributed by atoms with Crippen LogP contribution >= 0.6 is 0 Å². The molecule has 1 aromatic carbocycles. The molecule has 0 aliphatic carbocycles. The number of aryl methyl sites for hydroxylation is 2. The molecule has 5 nitrogen and oxygen atoms in total. The van der Waals surface area contributed by atoms with Crippen LogP contribution in [-0.4, -0.2) is 18.0 Å². The van der Waals surface area contributed by atoms with Crippen molar-refractivity contribution in [2.75, 3.05) is 5.32 Å². The molecule has 1 aromatic rings. The van der Waals surface area contributed by atoms with Gasteiger partial charge >= 0.3 is 6.03 Å². The van der Waals surface area contributed by atoms with Crippen LogP contribution in [0.1, 0.15) is 38.8 Å². The zero-order chi connectivity index (χ0) is 15.1. The minimum atomic E-state index is -0.359. The highest BCUT2D eigenvalue weighted by molar-refractivity contribution is 6.02. The number of carbonyl (C=O) groups is 1. The summed E-state index contributed by atoms with van der Waals surface area (Å²) in [6, 6.07) is 5.72. The van der Waals surface area contributed by atoms with Gasteiger partial charge in [0.15, 0.2) is 5.96 Å². The number of urea groups is 1. The Hall–Kier alpha value is -2.04. The van der Waals surface area contributed by atoms with Crippen molar-refractivity contribution in [2.45, 2.75) is 46.6 Å². The summed E-state index contributed by atoms with van der Waals surface area (Å²) >= 11 is 0. The zero-order valence-electron chi connectivity index (χ0n) is 12.7. The number of nitrogens with two attached hydrogens (primary N) is 1. The molecular formula is C15H24N4O. The molecule has 0 saturated heterocycles. The van der Waals surface area contributed by atoms with Crippen molar-refractivity contribution in [3.8, 4) is 0 Å². The van der Waals surface area contributed by atoms with Gasteiger partial charge in [0.2, 0.25) is 0 Å². The summed E-state index contributed by atoms with van der Waals surface area (Å²) in [5.41, 5.74) is 8.74. The Kier molecular flexibility index (Phi) is 6.03. The standard InChI is InChI=1S/C15H24N4O/c1-5-11-8-7-9-12(6-2)13(11)18-15(20)19-14(16)17-10(3)4/h7-10H,5-6H2,1-4H3,(H4,16,17,18,19,20). The SMILES string of the molecule is CCc1cccc(CC)c1NC(=O)NC(N)=NC(C)C. The predicted molar refractivity (Wildman–Crippen MR) is 84.1 cm³/mol. The molecule has 1 rings (SSSR count). The van der Waals surface area contributed by atoms with E-state index < -0.39 is 0 Å². The average Bonchev–Trinajstić information content (AvgIpc) is 2.37. The molecule has 0 unspecified atom stereocenters. The largest absolute Gasteiger partial charge is 0.370 e. The smallest absolute Gasteiger partial charge is 0.326 e. The number of nitrogens with one attached hydrogen (secondary N) is 2. The highest BCUT2D eigenvalue weighted by Gasteiger charge is 2.10. The fourth-order valence-corrected chi connectivity index (χ4v) is 1.97. The highest BCUT2D eigenvalue weighted by Crippen LogP contribution is 2.22. The Labute approximate surface area is 120 Å². The third-order valence-electron chi connectivity index (χ3n) is 2.88. The van der Waals surface area contributed by atoms with E-state index >= 15 is 0 Å². The van der Waals surface area contributed by atoms with E-state index in [9.17, 15) is 4.79 Å². The van der Waals surface area contributed by atoms with Crippen LogP contribution in [0.3, 0.4) is 0 Å². The van der Waals surface area contributed by atoms with Crippen LogP contribution in [0, 0.1) is 0 Å². The lowest BCUT2D eigenvalue weighted by atomic mass is 10.0. The van der Waals surface area contributed by atoms with Gasteiger partial charge in [-0.2, -0.15) is 0 Å². The van der Waals surface area contributed by atoms with E-state index in [-0.39, 0.29) is 18.0 Å². The van der Waals surface area contributed by atoms with Crippen LogP contribution in [0.2, 0.25) is 0 Å². The summed E-state index contributed by atoms with van der Waals surface area (Å²) in [4.78, 5) is 16.0. The molecular weight excluding hydrogens is 252 g/mol. The fraction of sp³-hybridized carbons (Fsp3) is 0.467. The van der Waals surface area contributed by atoms with Crippen LogP contribution < -0.4 is 16.4 Å². The van der Waals surface area contributed by atoms with Gasteiger partial charge in [0.25, 0.3) is 0 Å². The quantitative estimate of drug-likeness (QED) is 0.584. The topological polar surface area (TPSA) is 79.5 Å². The molecule has 0 fully saturated rings.